The monoisotopic (exact) mass is 271 g/mol. The summed E-state index contributed by atoms with van der Waals surface area (Å²) in [6, 6.07) is 4.44. The van der Waals surface area contributed by atoms with E-state index in [4.69, 9.17) is 0 Å². The number of hydrogen-bond acceptors (Lipinski definition) is 0. The van der Waals surface area contributed by atoms with Crippen LogP contribution in [0.5, 0.6) is 0 Å². The molecule has 0 radical (unpaired) electrons. The first kappa shape index (κ1) is 14.6. The van der Waals surface area contributed by atoms with Gasteiger partial charge in [-0.25, -0.2) is 4.57 Å². The minimum atomic E-state index is 0. The highest BCUT2D eigenvalue weighted by Gasteiger charge is 2.04. The molecule has 1 nitrogen and oxygen atoms in total. The third kappa shape index (κ3) is 5.31. The van der Waals surface area contributed by atoms with Crippen molar-refractivity contribution in [2.45, 2.75) is 53.0 Å². The van der Waals surface area contributed by atoms with Crippen molar-refractivity contribution < 1.29 is 21.5 Å². The highest BCUT2D eigenvalue weighted by Crippen LogP contribution is 2.00. The lowest BCUT2D eigenvalue weighted by Gasteiger charge is -2.01. The Hall–Kier alpha value is -0.370. The summed E-state index contributed by atoms with van der Waals surface area (Å²) in [4.78, 5) is 0. The summed E-state index contributed by atoms with van der Waals surface area (Å²) in [7, 11) is 0. The molecule has 0 aromatic carbocycles. The van der Waals surface area contributed by atoms with Crippen LogP contribution in [-0.4, -0.2) is 0 Å². The van der Waals surface area contributed by atoms with Crippen LogP contribution in [0.3, 0.4) is 0 Å². The molecule has 1 rings (SSSR count). The molecule has 0 spiro atoms. The number of rotatable bonds is 5. The Morgan fingerprint density at radius 1 is 1.13 bits per heavy atom. The van der Waals surface area contributed by atoms with Crippen LogP contribution < -0.4 is 21.5 Å². The van der Waals surface area contributed by atoms with Crippen molar-refractivity contribution in [1.29, 1.82) is 0 Å². The van der Waals surface area contributed by atoms with E-state index in [9.17, 15) is 0 Å². The lowest BCUT2D eigenvalue weighted by molar-refractivity contribution is -0.703. The molecule has 0 unspecified atom stereocenters. The maximum atomic E-state index is 2.35. The van der Waals surface area contributed by atoms with E-state index < -0.39 is 0 Å². The third-order valence-electron chi connectivity index (χ3n) is 2.66. The van der Waals surface area contributed by atoms with E-state index in [0.717, 1.165) is 0 Å². The van der Waals surface area contributed by atoms with E-state index in [0.29, 0.717) is 0 Å². The quantitative estimate of drug-likeness (QED) is 0.532. The normalized spacial score (nSPS) is 9.80. The summed E-state index contributed by atoms with van der Waals surface area (Å²) in [5.74, 6) is 0. The number of nitrogens with zero attached hydrogens (tertiary/aromatic N) is 1. The van der Waals surface area contributed by atoms with E-state index in [1.807, 2.05) is 0 Å². The predicted molar refractivity (Wildman–Crippen MR) is 60.3 cm³/mol. The number of hydrogen-bond donors (Lipinski definition) is 0. The van der Waals surface area contributed by atoms with Gasteiger partial charge in [0.1, 0.15) is 6.54 Å². The van der Waals surface area contributed by atoms with Crippen molar-refractivity contribution in [3.63, 3.8) is 0 Å². The summed E-state index contributed by atoms with van der Waals surface area (Å²) in [5.41, 5.74) is 2.73. The first-order chi connectivity index (χ1) is 6.74. The third-order valence-corrected chi connectivity index (χ3v) is 2.66. The van der Waals surface area contributed by atoms with Crippen molar-refractivity contribution in [2.24, 2.45) is 0 Å². The lowest BCUT2D eigenvalue weighted by atomic mass is 10.2. The van der Waals surface area contributed by atoms with Gasteiger partial charge < -0.3 is 17.0 Å². The highest BCUT2D eigenvalue weighted by molar-refractivity contribution is 5.08. The van der Waals surface area contributed by atoms with Gasteiger partial charge in [0.15, 0.2) is 11.9 Å². The molecule has 1 aromatic rings. The fraction of sp³-hybridized carbons (Fsp3) is 0.615. The van der Waals surface area contributed by atoms with Gasteiger partial charge in [0, 0.05) is 25.5 Å². The Labute approximate surface area is 104 Å². The molecule has 0 atom stereocenters. The van der Waals surface area contributed by atoms with Crippen LogP contribution in [0.4, 0.5) is 0 Å². The van der Waals surface area contributed by atoms with Gasteiger partial charge in [0.2, 0.25) is 0 Å². The number of unbranched alkanes of at least 4 members (excludes halogenated alkanes) is 3. The summed E-state index contributed by atoms with van der Waals surface area (Å²) >= 11 is 0. The Kier molecular flexibility index (Phi) is 7.67. The van der Waals surface area contributed by atoms with Crippen LogP contribution in [0.1, 0.15) is 43.9 Å². The largest absolute Gasteiger partial charge is 1.00 e. The van der Waals surface area contributed by atoms with Crippen molar-refractivity contribution in [3.8, 4) is 0 Å². The molecule has 2 heteroatoms. The molecule has 0 saturated heterocycles. The molecule has 0 aliphatic rings. The molecular weight excluding hydrogens is 250 g/mol. The van der Waals surface area contributed by atoms with Crippen LogP contribution in [0.2, 0.25) is 0 Å². The molecule has 0 aliphatic carbocycles. The molecule has 86 valence electrons. The van der Waals surface area contributed by atoms with Crippen LogP contribution in [-0.2, 0) is 6.54 Å². The molecule has 0 bridgehead atoms. The number of halogens is 1. The summed E-state index contributed by atoms with van der Waals surface area (Å²) in [5, 5.41) is 0. The molecule has 0 fully saturated rings. The van der Waals surface area contributed by atoms with Crippen LogP contribution in [0.15, 0.2) is 18.3 Å². The van der Waals surface area contributed by atoms with Gasteiger partial charge in [-0.1, -0.05) is 19.8 Å². The Morgan fingerprint density at radius 3 is 2.47 bits per heavy atom. The lowest BCUT2D eigenvalue weighted by Crippen LogP contribution is -3.00. The van der Waals surface area contributed by atoms with Crippen LogP contribution in [0, 0.1) is 13.8 Å². The molecule has 15 heavy (non-hydrogen) atoms. The summed E-state index contributed by atoms with van der Waals surface area (Å²) in [6.45, 7) is 7.76. The van der Waals surface area contributed by atoms with Crippen LogP contribution >= 0.6 is 0 Å². The first-order valence-corrected chi connectivity index (χ1v) is 5.70. The van der Waals surface area contributed by atoms with Gasteiger partial charge in [-0.15, -0.1) is 0 Å². The van der Waals surface area contributed by atoms with Gasteiger partial charge >= 0.3 is 0 Å². The second-order valence-electron chi connectivity index (χ2n) is 4.10. The van der Waals surface area contributed by atoms with Crippen molar-refractivity contribution in [1.82, 2.24) is 0 Å². The van der Waals surface area contributed by atoms with Crippen molar-refractivity contribution in [3.05, 3.63) is 29.6 Å². The minimum absolute atomic E-state index is 0. The summed E-state index contributed by atoms with van der Waals surface area (Å²) < 4.78 is 2.35. The number of pyridine rings is 1. The average Bonchev–Trinajstić information content (AvgIpc) is 2.15. The fourth-order valence-electron chi connectivity index (χ4n) is 1.75. The SMILES string of the molecule is CCCCCC[n+]1ccc(C)cc1C.[Br-]. The highest BCUT2D eigenvalue weighted by atomic mass is 79.9. The standard InChI is InChI=1S/C13H22N.BrH/c1-4-5-6-7-9-14-10-8-12(2)11-13(14)3;/h8,10-11H,4-7,9H2,1-3H3;1H/q+1;/p-1. The van der Waals surface area contributed by atoms with E-state index in [2.05, 4.69) is 43.7 Å². The fourth-order valence-corrected chi connectivity index (χ4v) is 1.75. The average molecular weight is 272 g/mol. The van der Waals surface area contributed by atoms with E-state index in [-0.39, 0.29) is 17.0 Å². The first-order valence-electron chi connectivity index (χ1n) is 5.70. The van der Waals surface area contributed by atoms with Gasteiger partial charge in [-0.2, -0.15) is 0 Å². The zero-order valence-electron chi connectivity index (χ0n) is 10.1. The Balaban J connectivity index is 0.00000196. The van der Waals surface area contributed by atoms with Gasteiger partial charge in [-0.05, 0) is 18.9 Å². The second-order valence-corrected chi connectivity index (χ2v) is 4.10. The smallest absolute Gasteiger partial charge is 0.178 e. The zero-order chi connectivity index (χ0) is 10.4. The molecule has 1 aromatic heterocycles. The van der Waals surface area contributed by atoms with E-state index in [1.165, 1.54) is 43.5 Å². The second kappa shape index (κ2) is 7.86. The Morgan fingerprint density at radius 2 is 1.87 bits per heavy atom. The van der Waals surface area contributed by atoms with E-state index in [1.54, 1.807) is 0 Å². The van der Waals surface area contributed by atoms with Crippen LogP contribution in [0.25, 0.3) is 0 Å². The minimum Gasteiger partial charge on any atom is -1.00 e. The van der Waals surface area contributed by atoms with Crippen molar-refractivity contribution in [2.75, 3.05) is 0 Å². The maximum absolute atomic E-state index is 2.35. The molecule has 0 aliphatic heterocycles. The molecule has 0 saturated carbocycles. The maximum Gasteiger partial charge on any atom is 0.178 e. The zero-order valence-corrected chi connectivity index (χ0v) is 11.7. The van der Waals surface area contributed by atoms with E-state index >= 15 is 0 Å². The predicted octanol–water partition coefficient (Wildman–Crippen LogP) is 0.175. The van der Waals surface area contributed by atoms with Gasteiger partial charge in [0.25, 0.3) is 0 Å². The summed E-state index contributed by atoms with van der Waals surface area (Å²) in [6.07, 6.45) is 7.55. The topological polar surface area (TPSA) is 3.88 Å². The number of aromatic nitrogens is 1. The molecular formula is C13H22BrN. The molecule has 0 amide bonds. The van der Waals surface area contributed by atoms with Crippen molar-refractivity contribution >= 4 is 0 Å². The Bertz CT molecular complexity index is 284. The number of aryl methyl sites for hydroxylation is 3. The molecule has 0 N–H and O–H groups in total. The van der Waals surface area contributed by atoms with Gasteiger partial charge in [0.05, 0.1) is 0 Å². The molecule has 1 heterocycles. The van der Waals surface area contributed by atoms with Gasteiger partial charge in [-0.3, -0.25) is 0 Å².